The summed E-state index contributed by atoms with van der Waals surface area (Å²) >= 11 is 0. The van der Waals surface area contributed by atoms with Gasteiger partial charge >= 0.3 is 0 Å². The minimum Gasteiger partial charge on any atom is -0.483 e. The van der Waals surface area contributed by atoms with E-state index in [4.69, 9.17) is 4.74 Å². The normalized spacial score (nSPS) is 10.2. The van der Waals surface area contributed by atoms with Crippen LogP contribution in [0.3, 0.4) is 0 Å². The molecule has 27 heavy (non-hydrogen) atoms. The van der Waals surface area contributed by atoms with Crippen molar-refractivity contribution in [2.24, 2.45) is 0 Å². The molecular weight excluding hydrogens is 346 g/mol. The van der Waals surface area contributed by atoms with E-state index >= 15 is 0 Å². The van der Waals surface area contributed by atoms with Gasteiger partial charge in [0.15, 0.2) is 6.61 Å². The van der Waals surface area contributed by atoms with E-state index in [0.717, 1.165) is 5.56 Å². The van der Waals surface area contributed by atoms with Crippen molar-refractivity contribution < 1.29 is 14.5 Å². The highest BCUT2D eigenvalue weighted by Crippen LogP contribution is 2.20. The number of nitro benzene ring substituents is 1. The van der Waals surface area contributed by atoms with Crippen molar-refractivity contribution in [1.82, 2.24) is 4.98 Å². The summed E-state index contributed by atoms with van der Waals surface area (Å²) in [4.78, 5) is 28.9. The van der Waals surface area contributed by atoms with E-state index in [-0.39, 0.29) is 24.0 Å². The number of amides is 1. The maximum atomic E-state index is 12.8. The second-order valence-electron chi connectivity index (χ2n) is 5.70. The first-order valence-corrected chi connectivity index (χ1v) is 8.26. The smallest absolute Gasteiger partial charge is 0.273 e. The Kier molecular flexibility index (Phi) is 5.73. The average molecular weight is 363 g/mol. The molecule has 7 nitrogen and oxygen atoms in total. The van der Waals surface area contributed by atoms with Gasteiger partial charge in [0.2, 0.25) is 0 Å². The Hall–Kier alpha value is -3.74. The number of benzene rings is 2. The lowest BCUT2D eigenvalue weighted by atomic mass is 10.2. The average Bonchev–Trinajstić information content (AvgIpc) is 2.72. The van der Waals surface area contributed by atoms with Gasteiger partial charge < -0.3 is 4.74 Å². The van der Waals surface area contributed by atoms with Gasteiger partial charge in [0.1, 0.15) is 11.6 Å². The first-order valence-electron chi connectivity index (χ1n) is 8.26. The molecule has 1 heterocycles. The highest BCUT2D eigenvalue weighted by atomic mass is 16.6. The molecule has 2 aromatic carbocycles. The highest BCUT2D eigenvalue weighted by molar-refractivity contribution is 5.93. The fraction of sp³-hybridized carbons (Fsp3) is 0.100. The van der Waals surface area contributed by atoms with Crippen molar-refractivity contribution in [2.45, 2.75) is 6.54 Å². The van der Waals surface area contributed by atoms with E-state index in [1.807, 2.05) is 30.3 Å². The summed E-state index contributed by atoms with van der Waals surface area (Å²) in [5.41, 5.74) is 0.859. The van der Waals surface area contributed by atoms with Gasteiger partial charge in [-0.15, -0.1) is 0 Å². The van der Waals surface area contributed by atoms with Crippen molar-refractivity contribution in [3.05, 3.63) is 94.7 Å². The summed E-state index contributed by atoms with van der Waals surface area (Å²) in [6.07, 6.45) is 1.61. The van der Waals surface area contributed by atoms with Crippen LogP contribution in [-0.2, 0) is 11.3 Å². The van der Waals surface area contributed by atoms with Gasteiger partial charge in [0.05, 0.1) is 17.5 Å². The number of aromatic nitrogens is 1. The number of carbonyl (C=O) groups is 1. The first-order chi connectivity index (χ1) is 13.1. The van der Waals surface area contributed by atoms with Crippen LogP contribution in [0.5, 0.6) is 5.75 Å². The number of anilines is 1. The number of pyridine rings is 1. The van der Waals surface area contributed by atoms with Crippen LogP contribution in [-0.4, -0.2) is 22.4 Å². The largest absolute Gasteiger partial charge is 0.483 e. The molecule has 0 N–H and O–H groups in total. The Bertz CT molecular complexity index is 917. The summed E-state index contributed by atoms with van der Waals surface area (Å²) in [6.45, 7) is 0.0829. The van der Waals surface area contributed by atoms with Crippen LogP contribution in [0, 0.1) is 10.1 Å². The SMILES string of the molecule is O=C(COc1cccc([N+](=O)[O-])c1)N(Cc1ccccc1)c1ccccn1. The van der Waals surface area contributed by atoms with E-state index in [9.17, 15) is 14.9 Å². The van der Waals surface area contributed by atoms with Crippen molar-refractivity contribution in [3.8, 4) is 5.75 Å². The lowest BCUT2D eigenvalue weighted by molar-refractivity contribution is -0.384. The van der Waals surface area contributed by atoms with Crippen LogP contribution in [0.25, 0.3) is 0 Å². The maximum Gasteiger partial charge on any atom is 0.273 e. The van der Waals surface area contributed by atoms with Crippen LogP contribution >= 0.6 is 0 Å². The predicted octanol–water partition coefficient (Wildman–Crippen LogP) is 3.60. The molecule has 0 unspecified atom stereocenters. The Morgan fingerprint density at radius 2 is 1.81 bits per heavy atom. The van der Waals surface area contributed by atoms with E-state index < -0.39 is 4.92 Å². The quantitative estimate of drug-likeness (QED) is 0.473. The number of rotatable bonds is 7. The van der Waals surface area contributed by atoms with Crippen LogP contribution in [0.2, 0.25) is 0 Å². The molecule has 0 atom stereocenters. The maximum absolute atomic E-state index is 12.8. The number of non-ortho nitro benzene ring substituents is 1. The lowest BCUT2D eigenvalue weighted by Crippen LogP contribution is -2.35. The van der Waals surface area contributed by atoms with Gasteiger partial charge in [-0.05, 0) is 23.8 Å². The Labute approximate surface area is 156 Å². The van der Waals surface area contributed by atoms with Gasteiger partial charge in [0.25, 0.3) is 11.6 Å². The fourth-order valence-electron chi connectivity index (χ4n) is 2.49. The summed E-state index contributed by atoms with van der Waals surface area (Å²) < 4.78 is 5.48. The third-order valence-electron chi connectivity index (χ3n) is 3.80. The molecule has 3 aromatic rings. The minimum absolute atomic E-state index is 0.0918. The summed E-state index contributed by atoms with van der Waals surface area (Å²) in [7, 11) is 0. The minimum atomic E-state index is -0.510. The molecule has 0 aliphatic heterocycles. The molecule has 0 bridgehead atoms. The standard InChI is InChI=1S/C20H17N3O4/c24-20(15-27-18-10-6-9-17(13-18)23(25)26)22(19-11-4-5-12-21-19)14-16-7-2-1-3-8-16/h1-13H,14-15H2. The van der Waals surface area contributed by atoms with Gasteiger partial charge in [-0.3, -0.25) is 19.8 Å². The van der Waals surface area contributed by atoms with Gasteiger partial charge in [0, 0.05) is 12.3 Å². The molecule has 7 heteroatoms. The third-order valence-corrected chi connectivity index (χ3v) is 3.80. The van der Waals surface area contributed by atoms with Crippen molar-refractivity contribution in [2.75, 3.05) is 11.5 Å². The number of hydrogen-bond donors (Lipinski definition) is 0. The van der Waals surface area contributed by atoms with Crippen LogP contribution in [0.4, 0.5) is 11.5 Å². The molecule has 0 fully saturated rings. The number of nitrogens with zero attached hydrogens (tertiary/aromatic N) is 3. The van der Waals surface area contributed by atoms with Gasteiger partial charge in [-0.1, -0.05) is 42.5 Å². The topological polar surface area (TPSA) is 85.6 Å². The van der Waals surface area contributed by atoms with E-state index in [1.54, 1.807) is 30.5 Å². The molecule has 1 aromatic heterocycles. The second kappa shape index (κ2) is 8.57. The van der Waals surface area contributed by atoms with Crippen LogP contribution in [0.15, 0.2) is 79.0 Å². The fourth-order valence-corrected chi connectivity index (χ4v) is 2.49. The molecule has 0 saturated heterocycles. The summed E-state index contributed by atoms with van der Waals surface area (Å²) in [6, 6.07) is 20.6. The Balaban J connectivity index is 1.75. The predicted molar refractivity (Wildman–Crippen MR) is 100 cm³/mol. The van der Waals surface area contributed by atoms with Crippen molar-refractivity contribution >= 4 is 17.4 Å². The summed E-state index contributed by atoms with van der Waals surface area (Å²) in [5.74, 6) is 0.469. The number of ether oxygens (including phenoxy) is 1. The Morgan fingerprint density at radius 3 is 2.52 bits per heavy atom. The molecule has 0 radical (unpaired) electrons. The molecule has 0 aliphatic rings. The molecule has 0 spiro atoms. The number of hydrogen-bond acceptors (Lipinski definition) is 5. The van der Waals surface area contributed by atoms with E-state index in [1.165, 1.54) is 23.1 Å². The zero-order valence-corrected chi connectivity index (χ0v) is 14.4. The van der Waals surface area contributed by atoms with Crippen molar-refractivity contribution in [1.29, 1.82) is 0 Å². The first kappa shape index (κ1) is 18.1. The highest BCUT2D eigenvalue weighted by Gasteiger charge is 2.18. The Morgan fingerprint density at radius 1 is 1.04 bits per heavy atom. The zero-order chi connectivity index (χ0) is 19.1. The van der Waals surface area contributed by atoms with Crippen LogP contribution < -0.4 is 9.64 Å². The molecule has 1 amide bonds. The van der Waals surface area contributed by atoms with E-state index in [2.05, 4.69) is 4.98 Å². The van der Waals surface area contributed by atoms with Gasteiger partial charge in [-0.25, -0.2) is 4.98 Å². The molecule has 0 saturated carbocycles. The second-order valence-corrected chi connectivity index (χ2v) is 5.70. The molecule has 3 rings (SSSR count). The zero-order valence-electron chi connectivity index (χ0n) is 14.4. The molecular formula is C20H17N3O4. The molecule has 136 valence electrons. The molecule has 0 aliphatic carbocycles. The van der Waals surface area contributed by atoms with Crippen molar-refractivity contribution in [3.63, 3.8) is 0 Å². The number of carbonyl (C=O) groups excluding carboxylic acids is 1. The summed E-state index contributed by atoms with van der Waals surface area (Å²) in [5, 5.41) is 10.9. The lowest BCUT2D eigenvalue weighted by Gasteiger charge is -2.22. The third kappa shape index (κ3) is 4.88. The number of nitro groups is 1. The monoisotopic (exact) mass is 363 g/mol. The van der Waals surface area contributed by atoms with Gasteiger partial charge in [-0.2, -0.15) is 0 Å². The van der Waals surface area contributed by atoms with E-state index in [0.29, 0.717) is 12.4 Å². The van der Waals surface area contributed by atoms with Crippen LogP contribution in [0.1, 0.15) is 5.56 Å².